The van der Waals surface area contributed by atoms with Crippen molar-refractivity contribution in [1.29, 1.82) is 0 Å². The average molecular weight is 283 g/mol. The molecule has 21 heavy (non-hydrogen) atoms. The standard InChI is InChI=1S/C18H21NO2/c1-13-10-14-6-3-4-8-16(14)19(11-13)12-15-7-5-9-17(21-2)18(15)20/h3-9,13,20H,10-12H2,1-2H3. The summed E-state index contributed by atoms with van der Waals surface area (Å²) < 4.78 is 5.20. The predicted molar refractivity (Wildman–Crippen MR) is 85.0 cm³/mol. The second-order valence-corrected chi connectivity index (χ2v) is 5.79. The molecule has 0 amide bonds. The normalized spacial score (nSPS) is 17.4. The van der Waals surface area contributed by atoms with Gasteiger partial charge < -0.3 is 14.7 Å². The molecule has 0 spiro atoms. The van der Waals surface area contributed by atoms with E-state index >= 15 is 0 Å². The van der Waals surface area contributed by atoms with Crippen molar-refractivity contribution in [2.45, 2.75) is 19.9 Å². The predicted octanol–water partition coefficient (Wildman–Crippen LogP) is 3.60. The van der Waals surface area contributed by atoms with Crippen molar-refractivity contribution < 1.29 is 9.84 Å². The Morgan fingerprint density at radius 1 is 1.19 bits per heavy atom. The van der Waals surface area contributed by atoms with Crippen molar-refractivity contribution in [2.24, 2.45) is 5.92 Å². The molecule has 2 aromatic carbocycles. The number of phenolic OH excluding ortho intramolecular Hbond substituents is 1. The zero-order valence-electron chi connectivity index (χ0n) is 12.5. The molecule has 0 bridgehead atoms. The fraction of sp³-hybridized carbons (Fsp3) is 0.333. The van der Waals surface area contributed by atoms with Crippen molar-refractivity contribution in [3.63, 3.8) is 0 Å². The molecule has 3 rings (SSSR count). The number of para-hydroxylation sites is 2. The van der Waals surface area contributed by atoms with Gasteiger partial charge in [-0.3, -0.25) is 0 Å². The summed E-state index contributed by atoms with van der Waals surface area (Å²) in [6.07, 6.45) is 1.12. The smallest absolute Gasteiger partial charge is 0.162 e. The Morgan fingerprint density at radius 3 is 2.81 bits per heavy atom. The number of methoxy groups -OCH3 is 1. The van der Waals surface area contributed by atoms with Gasteiger partial charge in [0, 0.05) is 24.3 Å². The van der Waals surface area contributed by atoms with E-state index in [-0.39, 0.29) is 5.75 Å². The van der Waals surface area contributed by atoms with E-state index in [1.807, 2.05) is 12.1 Å². The van der Waals surface area contributed by atoms with Gasteiger partial charge in [0.25, 0.3) is 0 Å². The first kappa shape index (κ1) is 13.8. The van der Waals surface area contributed by atoms with Crippen molar-refractivity contribution in [1.82, 2.24) is 0 Å². The topological polar surface area (TPSA) is 32.7 Å². The maximum atomic E-state index is 10.3. The molecule has 1 N–H and O–H groups in total. The first-order chi connectivity index (χ1) is 10.2. The molecular weight excluding hydrogens is 262 g/mol. The Labute approximate surface area is 125 Å². The van der Waals surface area contributed by atoms with Gasteiger partial charge in [-0.25, -0.2) is 0 Å². The maximum absolute atomic E-state index is 10.3. The summed E-state index contributed by atoms with van der Waals surface area (Å²) in [5.74, 6) is 1.40. The van der Waals surface area contributed by atoms with Crippen LogP contribution in [-0.4, -0.2) is 18.8 Å². The van der Waals surface area contributed by atoms with E-state index in [4.69, 9.17) is 4.74 Å². The summed E-state index contributed by atoms with van der Waals surface area (Å²) >= 11 is 0. The van der Waals surface area contributed by atoms with Crippen LogP contribution in [0.5, 0.6) is 11.5 Å². The van der Waals surface area contributed by atoms with Crippen LogP contribution in [0.3, 0.4) is 0 Å². The van der Waals surface area contributed by atoms with Crippen LogP contribution in [0.25, 0.3) is 0 Å². The average Bonchev–Trinajstić information content (AvgIpc) is 2.49. The Morgan fingerprint density at radius 2 is 2.00 bits per heavy atom. The molecule has 1 atom stereocenters. The molecular formula is C18H21NO2. The molecule has 0 fully saturated rings. The summed E-state index contributed by atoms with van der Waals surface area (Å²) in [4.78, 5) is 2.35. The van der Waals surface area contributed by atoms with Gasteiger partial charge in [-0.05, 0) is 30.0 Å². The van der Waals surface area contributed by atoms with Crippen LogP contribution < -0.4 is 9.64 Å². The van der Waals surface area contributed by atoms with Crippen molar-refractivity contribution >= 4 is 5.69 Å². The van der Waals surface area contributed by atoms with Crippen LogP contribution in [0, 0.1) is 5.92 Å². The fourth-order valence-electron chi connectivity index (χ4n) is 3.12. The van der Waals surface area contributed by atoms with E-state index in [2.05, 4.69) is 36.1 Å². The number of phenols is 1. The number of hydrogen-bond acceptors (Lipinski definition) is 3. The van der Waals surface area contributed by atoms with E-state index in [9.17, 15) is 5.11 Å². The minimum Gasteiger partial charge on any atom is -0.504 e. The molecule has 3 nitrogen and oxygen atoms in total. The largest absolute Gasteiger partial charge is 0.504 e. The fourth-order valence-corrected chi connectivity index (χ4v) is 3.12. The number of nitrogens with zero attached hydrogens (tertiary/aromatic N) is 1. The molecule has 1 aliphatic heterocycles. The lowest BCUT2D eigenvalue weighted by atomic mass is 9.93. The van der Waals surface area contributed by atoms with Gasteiger partial charge in [-0.2, -0.15) is 0 Å². The van der Waals surface area contributed by atoms with Crippen LogP contribution in [0.1, 0.15) is 18.1 Å². The summed E-state index contributed by atoms with van der Waals surface area (Å²) in [6.45, 7) is 3.98. The van der Waals surface area contributed by atoms with Gasteiger partial charge in [-0.1, -0.05) is 37.3 Å². The Bertz CT molecular complexity index is 639. The van der Waals surface area contributed by atoms with Gasteiger partial charge in [0.2, 0.25) is 0 Å². The molecule has 110 valence electrons. The molecule has 0 aliphatic carbocycles. The first-order valence-corrected chi connectivity index (χ1v) is 7.36. The lowest BCUT2D eigenvalue weighted by Crippen LogP contribution is -2.33. The highest BCUT2D eigenvalue weighted by Gasteiger charge is 2.22. The van der Waals surface area contributed by atoms with Crippen LogP contribution in [0.15, 0.2) is 42.5 Å². The number of ether oxygens (including phenoxy) is 1. The van der Waals surface area contributed by atoms with Crippen LogP contribution in [-0.2, 0) is 13.0 Å². The third-order valence-corrected chi connectivity index (χ3v) is 4.10. The summed E-state index contributed by atoms with van der Waals surface area (Å²) in [7, 11) is 1.58. The summed E-state index contributed by atoms with van der Waals surface area (Å²) in [6, 6.07) is 14.2. The molecule has 3 heteroatoms. The minimum absolute atomic E-state index is 0.246. The lowest BCUT2D eigenvalue weighted by Gasteiger charge is -2.35. The van der Waals surface area contributed by atoms with Crippen molar-refractivity contribution in [3.05, 3.63) is 53.6 Å². The van der Waals surface area contributed by atoms with Crippen molar-refractivity contribution in [3.8, 4) is 11.5 Å². The number of anilines is 1. The Hall–Kier alpha value is -2.16. The second kappa shape index (κ2) is 5.68. The van der Waals surface area contributed by atoms with Crippen LogP contribution in [0.2, 0.25) is 0 Å². The Kier molecular flexibility index (Phi) is 3.74. The third-order valence-electron chi connectivity index (χ3n) is 4.10. The quantitative estimate of drug-likeness (QED) is 0.934. The number of benzene rings is 2. The number of aromatic hydroxyl groups is 1. The van der Waals surface area contributed by atoms with Crippen LogP contribution in [0.4, 0.5) is 5.69 Å². The number of fused-ring (bicyclic) bond motifs is 1. The molecule has 0 saturated carbocycles. The zero-order valence-corrected chi connectivity index (χ0v) is 12.5. The van der Waals surface area contributed by atoms with Crippen molar-refractivity contribution in [2.75, 3.05) is 18.6 Å². The van der Waals surface area contributed by atoms with E-state index < -0.39 is 0 Å². The second-order valence-electron chi connectivity index (χ2n) is 5.79. The molecule has 1 aliphatic rings. The first-order valence-electron chi connectivity index (χ1n) is 7.36. The highest BCUT2D eigenvalue weighted by atomic mass is 16.5. The van der Waals surface area contributed by atoms with E-state index in [1.165, 1.54) is 11.3 Å². The highest BCUT2D eigenvalue weighted by Crippen LogP contribution is 2.34. The third kappa shape index (κ3) is 2.68. The van der Waals surface area contributed by atoms with E-state index in [0.717, 1.165) is 18.5 Å². The maximum Gasteiger partial charge on any atom is 0.162 e. The van der Waals surface area contributed by atoms with Gasteiger partial charge in [0.05, 0.1) is 7.11 Å². The summed E-state index contributed by atoms with van der Waals surface area (Å²) in [5, 5.41) is 10.3. The van der Waals surface area contributed by atoms with Crippen LogP contribution >= 0.6 is 0 Å². The van der Waals surface area contributed by atoms with Gasteiger partial charge in [0.1, 0.15) is 0 Å². The highest BCUT2D eigenvalue weighted by molar-refractivity contribution is 5.57. The number of rotatable bonds is 3. The molecule has 2 aromatic rings. The molecule has 0 saturated heterocycles. The summed E-state index contributed by atoms with van der Waals surface area (Å²) in [5.41, 5.74) is 3.56. The Balaban J connectivity index is 1.92. The SMILES string of the molecule is COc1cccc(CN2CC(C)Cc3ccccc32)c1O. The van der Waals surface area contributed by atoms with Gasteiger partial charge in [0.15, 0.2) is 11.5 Å². The molecule has 1 heterocycles. The zero-order chi connectivity index (χ0) is 14.8. The lowest BCUT2D eigenvalue weighted by molar-refractivity contribution is 0.370. The van der Waals surface area contributed by atoms with E-state index in [0.29, 0.717) is 18.2 Å². The minimum atomic E-state index is 0.246. The van der Waals surface area contributed by atoms with Gasteiger partial charge >= 0.3 is 0 Å². The van der Waals surface area contributed by atoms with E-state index in [1.54, 1.807) is 13.2 Å². The van der Waals surface area contributed by atoms with Gasteiger partial charge in [-0.15, -0.1) is 0 Å². The monoisotopic (exact) mass is 283 g/mol. The molecule has 1 unspecified atom stereocenters. The molecule has 0 radical (unpaired) electrons. The molecule has 0 aromatic heterocycles. The number of hydrogen-bond donors (Lipinski definition) is 1.